The van der Waals surface area contributed by atoms with Gasteiger partial charge in [0, 0.05) is 24.1 Å². The first-order valence-electron chi connectivity index (χ1n) is 8.20. The van der Waals surface area contributed by atoms with Crippen LogP contribution in [-0.4, -0.2) is 24.6 Å². The second-order valence-corrected chi connectivity index (χ2v) is 8.82. The van der Waals surface area contributed by atoms with E-state index in [-0.39, 0.29) is 11.7 Å². The fourth-order valence-corrected chi connectivity index (χ4v) is 4.98. The van der Waals surface area contributed by atoms with Crippen molar-refractivity contribution >= 4 is 21.4 Å². The van der Waals surface area contributed by atoms with E-state index in [0.29, 0.717) is 28.5 Å². The minimum Gasteiger partial charge on any atom is -0.351 e. The van der Waals surface area contributed by atoms with Crippen LogP contribution in [0.3, 0.4) is 0 Å². The fourth-order valence-electron chi connectivity index (χ4n) is 3.43. The molecular formula is C18H20N2O3S. The van der Waals surface area contributed by atoms with Gasteiger partial charge in [0.1, 0.15) is 0 Å². The van der Waals surface area contributed by atoms with Gasteiger partial charge in [-0.15, -0.1) is 0 Å². The lowest BCUT2D eigenvalue weighted by Gasteiger charge is -2.07. The largest absolute Gasteiger partial charge is 0.351 e. The van der Waals surface area contributed by atoms with E-state index in [1.165, 1.54) is 18.5 Å². The predicted molar refractivity (Wildman–Crippen MR) is 92.3 cm³/mol. The zero-order chi connectivity index (χ0) is 17.1. The molecule has 0 unspecified atom stereocenters. The standard InChI is InChI=1S/C18H20N2O3S/c1-11-15(10-16(20(11)2)12-3-4-12)18(21)19-14-5-6-17-13(9-14)7-8-24(17,22)23/h5-6,9-10,12H,3-4,7-8H2,1-2H3,(H,19,21). The summed E-state index contributed by atoms with van der Waals surface area (Å²) in [6.45, 7) is 1.95. The molecule has 1 aromatic heterocycles. The van der Waals surface area contributed by atoms with Gasteiger partial charge in [0.25, 0.3) is 5.91 Å². The van der Waals surface area contributed by atoms with Gasteiger partial charge in [0.2, 0.25) is 0 Å². The first-order valence-corrected chi connectivity index (χ1v) is 9.85. The molecule has 0 radical (unpaired) electrons. The molecule has 0 spiro atoms. The van der Waals surface area contributed by atoms with Crippen LogP contribution in [0.4, 0.5) is 5.69 Å². The number of aryl methyl sites for hydroxylation is 1. The van der Waals surface area contributed by atoms with Gasteiger partial charge in [0.05, 0.1) is 16.2 Å². The fraction of sp³-hybridized carbons (Fsp3) is 0.389. The van der Waals surface area contributed by atoms with Crippen molar-refractivity contribution in [2.45, 2.75) is 37.0 Å². The molecule has 0 bridgehead atoms. The predicted octanol–water partition coefficient (Wildman–Crippen LogP) is 2.79. The number of carbonyl (C=O) groups is 1. The van der Waals surface area contributed by atoms with Gasteiger partial charge in [-0.1, -0.05) is 0 Å². The van der Waals surface area contributed by atoms with E-state index in [2.05, 4.69) is 9.88 Å². The molecule has 1 fully saturated rings. The quantitative estimate of drug-likeness (QED) is 0.931. The number of sulfone groups is 1. The molecule has 1 aliphatic heterocycles. The van der Waals surface area contributed by atoms with Gasteiger partial charge >= 0.3 is 0 Å². The Hall–Kier alpha value is -2.08. The molecule has 1 amide bonds. The van der Waals surface area contributed by atoms with Crippen molar-refractivity contribution in [3.63, 3.8) is 0 Å². The van der Waals surface area contributed by atoms with Gasteiger partial charge in [0.15, 0.2) is 9.84 Å². The van der Waals surface area contributed by atoms with E-state index >= 15 is 0 Å². The first-order chi connectivity index (χ1) is 11.4. The summed E-state index contributed by atoms with van der Waals surface area (Å²) in [6, 6.07) is 7.03. The molecule has 6 heteroatoms. The second kappa shape index (κ2) is 5.21. The Morgan fingerprint density at radius 2 is 2.00 bits per heavy atom. The lowest BCUT2D eigenvalue weighted by atomic mass is 10.1. The van der Waals surface area contributed by atoms with Crippen molar-refractivity contribution in [2.24, 2.45) is 7.05 Å². The summed E-state index contributed by atoms with van der Waals surface area (Å²) in [6.07, 6.45) is 2.90. The first kappa shape index (κ1) is 15.4. The summed E-state index contributed by atoms with van der Waals surface area (Å²) in [7, 11) is -1.13. The average Bonchev–Trinajstić information content (AvgIpc) is 3.27. The Kier molecular flexibility index (Phi) is 3.35. The summed E-state index contributed by atoms with van der Waals surface area (Å²) in [5.41, 5.74) is 4.30. The van der Waals surface area contributed by atoms with Crippen molar-refractivity contribution in [1.29, 1.82) is 0 Å². The van der Waals surface area contributed by atoms with Gasteiger partial charge in [-0.25, -0.2) is 8.42 Å². The third kappa shape index (κ3) is 2.45. The van der Waals surface area contributed by atoms with Crippen LogP contribution in [0.25, 0.3) is 0 Å². The van der Waals surface area contributed by atoms with Crippen molar-refractivity contribution in [3.8, 4) is 0 Å². The SMILES string of the molecule is Cc1c(C(=O)Nc2ccc3c(c2)CCS3(=O)=O)cc(C2CC2)n1C. The highest BCUT2D eigenvalue weighted by molar-refractivity contribution is 7.91. The summed E-state index contributed by atoms with van der Waals surface area (Å²) in [5.74, 6) is 0.596. The second-order valence-electron chi connectivity index (χ2n) is 6.75. The molecule has 2 heterocycles. The van der Waals surface area contributed by atoms with E-state index in [0.717, 1.165) is 11.3 Å². The number of nitrogens with zero attached hydrogens (tertiary/aromatic N) is 1. The number of rotatable bonds is 3. The number of aromatic nitrogens is 1. The van der Waals surface area contributed by atoms with Gasteiger partial charge in [-0.2, -0.15) is 0 Å². The van der Waals surface area contributed by atoms with Crippen LogP contribution in [0.2, 0.25) is 0 Å². The summed E-state index contributed by atoms with van der Waals surface area (Å²) >= 11 is 0. The van der Waals surface area contributed by atoms with Crippen LogP contribution in [-0.2, 0) is 23.3 Å². The van der Waals surface area contributed by atoms with Crippen LogP contribution in [0.5, 0.6) is 0 Å². The number of nitrogens with one attached hydrogen (secondary N) is 1. The molecule has 4 rings (SSSR count). The van der Waals surface area contributed by atoms with Gasteiger partial charge in [-0.3, -0.25) is 4.79 Å². The molecular weight excluding hydrogens is 324 g/mol. The molecule has 2 aromatic rings. The molecule has 24 heavy (non-hydrogen) atoms. The van der Waals surface area contributed by atoms with E-state index in [1.54, 1.807) is 18.2 Å². The van der Waals surface area contributed by atoms with Crippen LogP contribution in [0.1, 0.15) is 46.1 Å². The Bertz CT molecular complexity index is 953. The van der Waals surface area contributed by atoms with E-state index < -0.39 is 9.84 Å². The lowest BCUT2D eigenvalue weighted by molar-refractivity contribution is 0.102. The van der Waals surface area contributed by atoms with Crippen molar-refractivity contribution in [3.05, 3.63) is 46.8 Å². The van der Waals surface area contributed by atoms with Crippen LogP contribution in [0, 0.1) is 6.92 Å². The molecule has 1 saturated carbocycles. The van der Waals surface area contributed by atoms with E-state index in [4.69, 9.17) is 0 Å². The third-order valence-electron chi connectivity index (χ3n) is 5.11. The summed E-state index contributed by atoms with van der Waals surface area (Å²) in [4.78, 5) is 13.0. The van der Waals surface area contributed by atoms with Crippen molar-refractivity contribution in [1.82, 2.24) is 4.57 Å². The maximum absolute atomic E-state index is 12.6. The number of benzene rings is 1. The number of fused-ring (bicyclic) bond motifs is 1. The zero-order valence-corrected chi connectivity index (χ0v) is 14.6. The van der Waals surface area contributed by atoms with Crippen LogP contribution >= 0.6 is 0 Å². The minimum atomic E-state index is -3.13. The lowest BCUT2D eigenvalue weighted by Crippen LogP contribution is -2.13. The number of carbonyl (C=O) groups excluding carboxylic acids is 1. The molecule has 0 saturated heterocycles. The van der Waals surface area contributed by atoms with Gasteiger partial charge in [-0.05, 0) is 61.9 Å². The number of amides is 1. The highest BCUT2D eigenvalue weighted by Crippen LogP contribution is 2.41. The maximum atomic E-state index is 12.6. The monoisotopic (exact) mass is 344 g/mol. The summed E-state index contributed by atoms with van der Waals surface area (Å²) in [5, 5.41) is 2.91. The number of anilines is 1. The maximum Gasteiger partial charge on any atom is 0.257 e. The normalized spacial score (nSPS) is 18.4. The molecule has 5 nitrogen and oxygen atoms in total. The van der Waals surface area contributed by atoms with Crippen molar-refractivity contribution in [2.75, 3.05) is 11.1 Å². The van der Waals surface area contributed by atoms with Gasteiger partial charge < -0.3 is 9.88 Å². The molecule has 1 N–H and O–H groups in total. The topological polar surface area (TPSA) is 68.2 Å². The van der Waals surface area contributed by atoms with E-state index in [1.807, 2.05) is 20.0 Å². The Morgan fingerprint density at radius 1 is 1.25 bits per heavy atom. The Balaban J connectivity index is 1.60. The minimum absolute atomic E-state index is 0.143. The molecule has 1 aliphatic carbocycles. The Morgan fingerprint density at radius 3 is 2.71 bits per heavy atom. The smallest absolute Gasteiger partial charge is 0.257 e. The molecule has 2 aliphatic rings. The zero-order valence-electron chi connectivity index (χ0n) is 13.8. The van der Waals surface area contributed by atoms with Crippen LogP contribution < -0.4 is 5.32 Å². The molecule has 126 valence electrons. The number of hydrogen-bond donors (Lipinski definition) is 1. The molecule has 1 aromatic carbocycles. The Labute approximate surface area is 141 Å². The van der Waals surface area contributed by atoms with Crippen molar-refractivity contribution < 1.29 is 13.2 Å². The van der Waals surface area contributed by atoms with E-state index in [9.17, 15) is 13.2 Å². The number of hydrogen-bond acceptors (Lipinski definition) is 3. The third-order valence-corrected chi connectivity index (χ3v) is 6.92. The highest BCUT2D eigenvalue weighted by atomic mass is 32.2. The molecule has 0 atom stereocenters. The highest BCUT2D eigenvalue weighted by Gasteiger charge is 2.29. The summed E-state index contributed by atoms with van der Waals surface area (Å²) < 4.78 is 25.8. The average molecular weight is 344 g/mol. The van der Waals surface area contributed by atoms with Crippen LogP contribution in [0.15, 0.2) is 29.2 Å².